The van der Waals surface area contributed by atoms with Crippen molar-refractivity contribution in [2.75, 3.05) is 13.1 Å². The lowest BCUT2D eigenvalue weighted by Crippen LogP contribution is -1.93. The van der Waals surface area contributed by atoms with Gasteiger partial charge in [-0.1, -0.05) is 11.8 Å². The van der Waals surface area contributed by atoms with Gasteiger partial charge >= 0.3 is 0 Å². The van der Waals surface area contributed by atoms with Gasteiger partial charge in [0.15, 0.2) is 0 Å². The highest BCUT2D eigenvalue weighted by Crippen LogP contribution is 1.48. The van der Waals surface area contributed by atoms with Crippen LogP contribution >= 0.6 is 24.8 Å². The molecule has 0 amide bonds. The van der Waals surface area contributed by atoms with E-state index in [1.54, 1.807) is 0 Å². The molecule has 0 aromatic rings. The Morgan fingerprint density at radius 2 is 1.10 bits per heavy atom. The molecular formula is C6H10Cl2N2. The zero-order chi connectivity index (χ0) is 6.24. The van der Waals surface area contributed by atoms with Crippen molar-refractivity contribution in [2.24, 2.45) is 11.5 Å². The van der Waals surface area contributed by atoms with Crippen LogP contribution in [0.4, 0.5) is 0 Å². The molecule has 0 heterocycles. The van der Waals surface area contributed by atoms with Crippen LogP contribution < -0.4 is 11.5 Å². The summed E-state index contributed by atoms with van der Waals surface area (Å²) in [5.41, 5.74) is 10.1. The molecule has 0 saturated heterocycles. The largest absolute Gasteiger partial charge is 0.320 e. The lowest BCUT2D eigenvalue weighted by atomic mass is 10.5. The second-order valence-corrected chi connectivity index (χ2v) is 1.01. The molecule has 10 heavy (non-hydrogen) atoms. The van der Waals surface area contributed by atoms with E-state index >= 15 is 0 Å². The van der Waals surface area contributed by atoms with Crippen LogP contribution in [0.3, 0.4) is 0 Å². The summed E-state index contributed by atoms with van der Waals surface area (Å²) in [6, 6.07) is 0. The molecule has 0 radical (unpaired) electrons. The van der Waals surface area contributed by atoms with Crippen molar-refractivity contribution in [3.63, 3.8) is 0 Å². The Labute approximate surface area is 73.5 Å². The topological polar surface area (TPSA) is 52.0 Å². The maximum absolute atomic E-state index is 5.04. The fourth-order valence-electron chi connectivity index (χ4n) is 0.190. The van der Waals surface area contributed by atoms with Crippen LogP contribution in [0.5, 0.6) is 0 Å². The zero-order valence-electron chi connectivity index (χ0n) is 5.39. The molecule has 0 aromatic heterocycles. The predicted octanol–water partition coefficient (Wildman–Crippen LogP) is -0.246. The monoisotopic (exact) mass is 180 g/mol. The molecule has 0 fully saturated rings. The molecule has 0 aliphatic carbocycles. The first-order valence-corrected chi connectivity index (χ1v) is 2.27. The highest BCUT2D eigenvalue weighted by molar-refractivity contribution is 5.85. The molecule has 0 atom stereocenters. The Morgan fingerprint density at radius 1 is 0.800 bits per heavy atom. The van der Waals surface area contributed by atoms with Crippen LogP contribution in [0, 0.1) is 23.7 Å². The fourth-order valence-corrected chi connectivity index (χ4v) is 0.190. The molecule has 0 saturated carbocycles. The Balaban J connectivity index is -0.000000245. The average molecular weight is 181 g/mol. The summed E-state index contributed by atoms with van der Waals surface area (Å²) < 4.78 is 0. The molecule has 0 rings (SSSR count). The molecule has 0 aliphatic heterocycles. The van der Waals surface area contributed by atoms with E-state index in [0.717, 1.165) is 0 Å². The van der Waals surface area contributed by atoms with Gasteiger partial charge in [-0.05, 0) is 11.8 Å². The summed E-state index contributed by atoms with van der Waals surface area (Å²) in [5, 5.41) is 0. The minimum atomic E-state index is 0. The molecule has 4 N–H and O–H groups in total. The van der Waals surface area contributed by atoms with Crippen molar-refractivity contribution in [2.45, 2.75) is 0 Å². The normalized spacial score (nSPS) is 4.60. The third kappa shape index (κ3) is 15.6. The summed E-state index contributed by atoms with van der Waals surface area (Å²) in [6.45, 7) is 0.721. The van der Waals surface area contributed by atoms with Gasteiger partial charge in [0.25, 0.3) is 0 Å². The van der Waals surface area contributed by atoms with Gasteiger partial charge in [-0.15, -0.1) is 24.8 Å². The van der Waals surface area contributed by atoms with E-state index in [1.807, 2.05) is 0 Å². The van der Waals surface area contributed by atoms with E-state index in [1.165, 1.54) is 0 Å². The van der Waals surface area contributed by atoms with Gasteiger partial charge in [-0.3, -0.25) is 0 Å². The van der Waals surface area contributed by atoms with Crippen molar-refractivity contribution < 1.29 is 0 Å². The third-order valence-corrected chi connectivity index (χ3v) is 0.443. The molecule has 0 spiro atoms. The summed E-state index contributed by atoms with van der Waals surface area (Å²) >= 11 is 0. The zero-order valence-corrected chi connectivity index (χ0v) is 7.02. The van der Waals surface area contributed by atoms with Crippen molar-refractivity contribution in [3.8, 4) is 23.7 Å². The molecule has 58 valence electrons. The van der Waals surface area contributed by atoms with Gasteiger partial charge in [0.1, 0.15) is 0 Å². The van der Waals surface area contributed by atoms with Gasteiger partial charge < -0.3 is 11.5 Å². The summed E-state index contributed by atoms with van der Waals surface area (Å²) in [5.74, 6) is 10.2. The van der Waals surface area contributed by atoms with E-state index in [2.05, 4.69) is 23.7 Å². The number of nitrogens with two attached hydrogens (primary N) is 2. The molecule has 0 aliphatic rings. The SMILES string of the molecule is Cl.Cl.NCC#CC#CCN. The van der Waals surface area contributed by atoms with E-state index in [4.69, 9.17) is 11.5 Å². The van der Waals surface area contributed by atoms with E-state index in [0.29, 0.717) is 13.1 Å². The molecule has 0 bridgehead atoms. The number of rotatable bonds is 0. The highest BCUT2D eigenvalue weighted by Gasteiger charge is 1.56. The predicted molar refractivity (Wildman–Crippen MR) is 48.2 cm³/mol. The summed E-state index contributed by atoms with van der Waals surface area (Å²) in [7, 11) is 0. The average Bonchev–Trinajstić information content (AvgIpc) is 1.81. The molecule has 0 unspecified atom stereocenters. The van der Waals surface area contributed by atoms with Crippen LogP contribution in [0.25, 0.3) is 0 Å². The summed E-state index contributed by atoms with van der Waals surface area (Å²) in [4.78, 5) is 0. The highest BCUT2D eigenvalue weighted by atomic mass is 35.5. The Morgan fingerprint density at radius 3 is 1.30 bits per heavy atom. The Bertz CT molecular complexity index is 138. The molecule has 4 heteroatoms. The second kappa shape index (κ2) is 15.8. The minimum absolute atomic E-state index is 0. The van der Waals surface area contributed by atoms with Crippen LogP contribution in [0.15, 0.2) is 0 Å². The van der Waals surface area contributed by atoms with Crippen molar-refractivity contribution in [1.82, 2.24) is 0 Å². The van der Waals surface area contributed by atoms with Crippen LogP contribution in [0.2, 0.25) is 0 Å². The van der Waals surface area contributed by atoms with Gasteiger partial charge in [0.2, 0.25) is 0 Å². The quantitative estimate of drug-likeness (QED) is 0.506. The minimum Gasteiger partial charge on any atom is -0.320 e. The van der Waals surface area contributed by atoms with Crippen LogP contribution in [-0.4, -0.2) is 13.1 Å². The Kier molecular flexibility index (Phi) is 25.8. The number of hydrogen-bond donors (Lipinski definition) is 2. The van der Waals surface area contributed by atoms with Crippen molar-refractivity contribution >= 4 is 24.8 Å². The number of hydrogen-bond acceptors (Lipinski definition) is 2. The van der Waals surface area contributed by atoms with E-state index in [9.17, 15) is 0 Å². The van der Waals surface area contributed by atoms with Crippen LogP contribution in [0.1, 0.15) is 0 Å². The van der Waals surface area contributed by atoms with Crippen molar-refractivity contribution in [3.05, 3.63) is 0 Å². The van der Waals surface area contributed by atoms with Crippen LogP contribution in [-0.2, 0) is 0 Å². The maximum Gasteiger partial charge on any atom is 0.0561 e. The molecule has 2 nitrogen and oxygen atoms in total. The first kappa shape index (κ1) is 16.3. The lowest BCUT2D eigenvalue weighted by Gasteiger charge is -1.65. The fraction of sp³-hybridized carbons (Fsp3) is 0.333. The van der Waals surface area contributed by atoms with E-state index < -0.39 is 0 Å². The summed E-state index contributed by atoms with van der Waals surface area (Å²) in [6.07, 6.45) is 0. The van der Waals surface area contributed by atoms with Gasteiger partial charge in [0.05, 0.1) is 13.1 Å². The van der Waals surface area contributed by atoms with Crippen molar-refractivity contribution in [1.29, 1.82) is 0 Å². The lowest BCUT2D eigenvalue weighted by molar-refractivity contribution is 1.30. The standard InChI is InChI=1S/C6H8N2.2ClH/c7-5-3-1-2-4-6-8;;/h5-8H2;2*1H. The smallest absolute Gasteiger partial charge is 0.0561 e. The maximum atomic E-state index is 5.04. The third-order valence-electron chi connectivity index (χ3n) is 0.443. The molecular weight excluding hydrogens is 171 g/mol. The molecule has 0 aromatic carbocycles. The second-order valence-electron chi connectivity index (χ2n) is 1.01. The van der Waals surface area contributed by atoms with Gasteiger partial charge in [0, 0.05) is 0 Å². The first-order valence-electron chi connectivity index (χ1n) is 2.27. The van der Waals surface area contributed by atoms with Gasteiger partial charge in [-0.25, -0.2) is 0 Å². The number of halogens is 2. The Hall–Kier alpha value is -0.380. The van der Waals surface area contributed by atoms with Gasteiger partial charge in [-0.2, -0.15) is 0 Å². The first-order chi connectivity index (χ1) is 3.91. The van der Waals surface area contributed by atoms with E-state index in [-0.39, 0.29) is 24.8 Å².